The minimum atomic E-state index is 0.755. The van der Waals surface area contributed by atoms with Crippen LogP contribution in [-0.2, 0) is 6.42 Å². The van der Waals surface area contributed by atoms with Crippen LogP contribution in [0.5, 0.6) is 0 Å². The van der Waals surface area contributed by atoms with Crippen molar-refractivity contribution in [1.82, 2.24) is 10.3 Å². The Morgan fingerprint density at radius 2 is 2.35 bits per heavy atom. The summed E-state index contributed by atoms with van der Waals surface area (Å²) in [4.78, 5) is 4.20. The van der Waals surface area contributed by atoms with E-state index < -0.39 is 0 Å². The van der Waals surface area contributed by atoms with Crippen molar-refractivity contribution in [2.24, 2.45) is 5.92 Å². The maximum absolute atomic E-state index is 4.20. The molecule has 2 atom stereocenters. The van der Waals surface area contributed by atoms with Crippen molar-refractivity contribution in [1.29, 1.82) is 0 Å². The SMILES string of the molecule is CCCNC1CCCC(Cc2cccnc2)C1. The highest BCUT2D eigenvalue weighted by Gasteiger charge is 2.21. The van der Waals surface area contributed by atoms with Crippen LogP contribution in [0.25, 0.3) is 0 Å². The molecule has 2 rings (SSSR count). The molecule has 1 saturated carbocycles. The van der Waals surface area contributed by atoms with Crippen LogP contribution < -0.4 is 5.32 Å². The molecular formula is C15H24N2. The van der Waals surface area contributed by atoms with Crippen molar-refractivity contribution < 1.29 is 0 Å². The molecule has 0 amide bonds. The molecule has 1 N–H and O–H groups in total. The predicted molar refractivity (Wildman–Crippen MR) is 72.0 cm³/mol. The van der Waals surface area contributed by atoms with E-state index in [9.17, 15) is 0 Å². The molecule has 1 aliphatic carbocycles. The van der Waals surface area contributed by atoms with Crippen molar-refractivity contribution in [3.8, 4) is 0 Å². The van der Waals surface area contributed by atoms with Gasteiger partial charge in [-0.2, -0.15) is 0 Å². The van der Waals surface area contributed by atoms with E-state index in [0.717, 1.165) is 12.0 Å². The fraction of sp³-hybridized carbons (Fsp3) is 0.667. The third kappa shape index (κ3) is 4.12. The molecule has 2 heteroatoms. The summed E-state index contributed by atoms with van der Waals surface area (Å²) in [6.07, 6.45) is 11.8. The van der Waals surface area contributed by atoms with Crippen molar-refractivity contribution in [3.05, 3.63) is 30.1 Å². The molecule has 2 unspecified atom stereocenters. The molecule has 0 bridgehead atoms. The molecule has 0 aromatic carbocycles. The largest absolute Gasteiger partial charge is 0.314 e. The van der Waals surface area contributed by atoms with Crippen LogP contribution in [-0.4, -0.2) is 17.6 Å². The van der Waals surface area contributed by atoms with Gasteiger partial charge in [-0.25, -0.2) is 0 Å². The molecule has 0 saturated heterocycles. The maximum atomic E-state index is 4.20. The van der Waals surface area contributed by atoms with E-state index in [4.69, 9.17) is 0 Å². The van der Waals surface area contributed by atoms with Gasteiger partial charge in [-0.1, -0.05) is 25.8 Å². The number of hydrogen-bond acceptors (Lipinski definition) is 2. The van der Waals surface area contributed by atoms with Gasteiger partial charge >= 0.3 is 0 Å². The first kappa shape index (κ1) is 12.6. The predicted octanol–water partition coefficient (Wildman–Crippen LogP) is 3.18. The lowest BCUT2D eigenvalue weighted by Crippen LogP contribution is -2.35. The molecule has 17 heavy (non-hydrogen) atoms. The molecule has 1 aromatic rings. The van der Waals surface area contributed by atoms with Crippen molar-refractivity contribution >= 4 is 0 Å². The molecule has 1 heterocycles. The smallest absolute Gasteiger partial charge is 0.0299 e. The third-order valence-electron chi connectivity index (χ3n) is 3.71. The van der Waals surface area contributed by atoms with E-state index in [1.807, 2.05) is 18.5 Å². The highest BCUT2D eigenvalue weighted by atomic mass is 14.9. The van der Waals surface area contributed by atoms with Gasteiger partial charge in [-0.3, -0.25) is 4.98 Å². The zero-order valence-corrected chi connectivity index (χ0v) is 10.9. The average Bonchev–Trinajstić information content (AvgIpc) is 2.38. The number of nitrogens with zero attached hydrogens (tertiary/aromatic N) is 1. The van der Waals surface area contributed by atoms with Crippen LogP contribution in [0, 0.1) is 5.92 Å². The summed E-state index contributed by atoms with van der Waals surface area (Å²) in [5.74, 6) is 0.849. The second-order valence-corrected chi connectivity index (χ2v) is 5.25. The van der Waals surface area contributed by atoms with Gasteiger partial charge in [0, 0.05) is 18.4 Å². The van der Waals surface area contributed by atoms with Crippen molar-refractivity contribution in [2.75, 3.05) is 6.54 Å². The lowest BCUT2D eigenvalue weighted by molar-refractivity contribution is 0.284. The second kappa shape index (κ2) is 6.75. The molecule has 0 radical (unpaired) electrons. The van der Waals surface area contributed by atoms with Crippen LogP contribution in [0.3, 0.4) is 0 Å². The Hall–Kier alpha value is -0.890. The Bertz CT molecular complexity index is 310. The summed E-state index contributed by atoms with van der Waals surface area (Å²) in [5.41, 5.74) is 1.40. The first-order valence-electron chi connectivity index (χ1n) is 7.00. The summed E-state index contributed by atoms with van der Waals surface area (Å²) in [7, 11) is 0. The topological polar surface area (TPSA) is 24.9 Å². The van der Waals surface area contributed by atoms with Crippen LogP contribution in [0.15, 0.2) is 24.5 Å². The van der Waals surface area contributed by atoms with Gasteiger partial charge in [0.1, 0.15) is 0 Å². The van der Waals surface area contributed by atoms with Crippen molar-refractivity contribution in [3.63, 3.8) is 0 Å². The molecule has 0 spiro atoms. The van der Waals surface area contributed by atoms with Crippen LogP contribution in [0.1, 0.15) is 44.6 Å². The summed E-state index contributed by atoms with van der Waals surface area (Å²) in [6.45, 7) is 3.41. The maximum Gasteiger partial charge on any atom is 0.0299 e. The van der Waals surface area contributed by atoms with E-state index in [1.54, 1.807) is 0 Å². The fourth-order valence-electron chi connectivity index (χ4n) is 2.86. The minimum absolute atomic E-state index is 0.755. The number of hydrogen-bond donors (Lipinski definition) is 1. The van der Waals surface area contributed by atoms with E-state index in [2.05, 4.69) is 23.3 Å². The van der Waals surface area contributed by atoms with Gasteiger partial charge in [0.05, 0.1) is 0 Å². The number of nitrogens with one attached hydrogen (secondary N) is 1. The van der Waals surface area contributed by atoms with E-state index >= 15 is 0 Å². The fourth-order valence-corrected chi connectivity index (χ4v) is 2.86. The monoisotopic (exact) mass is 232 g/mol. The standard InChI is InChI=1S/C15H24N2/c1-2-8-17-15-7-3-5-13(11-15)10-14-6-4-9-16-12-14/h4,6,9,12-13,15,17H,2-3,5,7-8,10-11H2,1H3. The van der Waals surface area contributed by atoms with Gasteiger partial charge in [0.15, 0.2) is 0 Å². The Kier molecular flexibility index (Phi) is 4.99. The Morgan fingerprint density at radius 1 is 1.41 bits per heavy atom. The average molecular weight is 232 g/mol. The molecule has 1 aromatic heterocycles. The summed E-state index contributed by atoms with van der Waals surface area (Å²) in [6, 6.07) is 5.01. The van der Waals surface area contributed by atoms with Gasteiger partial charge in [-0.05, 0) is 49.8 Å². The minimum Gasteiger partial charge on any atom is -0.314 e. The first-order chi connectivity index (χ1) is 8.38. The Morgan fingerprint density at radius 3 is 3.12 bits per heavy atom. The molecule has 1 aliphatic rings. The number of aromatic nitrogens is 1. The third-order valence-corrected chi connectivity index (χ3v) is 3.71. The zero-order chi connectivity index (χ0) is 11.9. The van der Waals surface area contributed by atoms with E-state index in [0.29, 0.717) is 0 Å². The number of pyridine rings is 1. The van der Waals surface area contributed by atoms with Crippen LogP contribution in [0.2, 0.25) is 0 Å². The van der Waals surface area contributed by atoms with Crippen molar-refractivity contribution in [2.45, 2.75) is 51.5 Å². The Labute approximate surface area is 105 Å². The van der Waals surface area contributed by atoms with Crippen LogP contribution in [0.4, 0.5) is 0 Å². The quantitative estimate of drug-likeness (QED) is 0.843. The normalized spacial score (nSPS) is 24.8. The van der Waals surface area contributed by atoms with Gasteiger partial charge in [-0.15, -0.1) is 0 Å². The first-order valence-corrected chi connectivity index (χ1v) is 7.00. The zero-order valence-electron chi connectivity index (χ0n) is 10.9. The Balaban J connectivity index is 1.81. The van der Waals surface area contributed by atoms with E-state index in [1.165, 1.54) is 50.6 Å². The lowest BCUT2D eigenvalue weighted by atomic mass is 9.82. The summed E-state index contributed by atoms with van der Waals surface area (Å²) in [5, 5.41) is 3.67. The van der Waals surface area contributed by atoms with Gasteiger partial charge < -0.3 is 5.32 Å². The van der Waals surface area contributed by atoms with Gasteiger partial charge in [0.2, 0.25) is 0 Å². The summed E-state index contributed by atoms with van der Waals surface area (Å²) < 4.78 is 0. The second-order valence-electron chi connectivity index (χ2n) is 5.25. The lowest BCUT2D eigenvalue weighted by Gasteiger charge is -2.30. The highest BCUT2D eigenvalue weighted by Crippen LogP contribution is 2.27. The molecule has 1 fully saturated rings. The van der Waals surface area contributed by atoms with Crippen LogP contribution >= 0.6 is 0 Å². The molecule has 2 nitrogen and oxygen atoms in total. The number of rotatable bonds is 5. The van der Waals surface area contributed by atoms with Gasteiger partial charge in [0.25, 0.3) is 0 Å². The summed E-state index contributed by atoms with van der Waals surface area (Å²) >= 11 is 0. The molecule has 94 valence electrons. The molecule has 0 aliphatic heterocycles. The molecular weight excluding hydrogens is 208 g/mol. The van der Waals surface area contributed by atoms with E-state index in [-0.39, 0.29) is 0 Å². The highest BCUT2D eigenvalue weighted by molar-refractivity contribution is 5.09.